The van der Waals surface area contributed by atoms with Crippen LogP contribution in [-0.4, -0.2) is 66.1 Å². The maximum atomic E-state index is 13.1. The highest BCUT2D eigenvalue weighted by Crippen LogP contribution is 2.24. The zero-order valence-corrected chi connectivity index (χ0v) is 20.8. The van der Waals surface area contributed by atoms with Crippen LogP contribution < -0.4 is 15.4 Å². The summed E-state index contributed by atoms with van der Waals surface area (Å²) in [5.74, 6) is 0.00593. The van der Waals surface area contributed by atoms with Crippen molar-refractivity contribution in [3.8, 4) is 5.75 Å². The van der Waals surface area contributed by atoms with Crippen molar-refractivity contribution in [2.45, 2.75) is 20.0 Å². The topological polar surface area (TPSA) is 73.9 Å². The molecule has 2 amide bonds. The van der Waals surface area contributed by atoms with Crippen molar-refractivity contribution in [3.63, 3.8) is 0 Å². The van der Waals surface area contributed by atoms with Crippen LogP contribution >= 0.6 is 28.1 Å². The minimum Gasteiger partial charge on any atom is -0.490 e. The maximum Gasteiger partial charge on any atom is 0.261 e. The van der Waals surface area contributed by atoms with Crippen LogP contribution in [0.2, 0.25) is 0 Å². The number of hydrogen-bond donors (Lipinski definition) is 2. The molecule has 0 radical (unpaired) electrons. The molecule has 2 N–H and O–H groups in total. The molecule has 9 heteroatoms. The van der Waals surface area contributed by atoms with Crippen LogP contribution in [-0.2, 0) is 0 Å². The van der Waals surface area contributed by atoms with Gasteiger partial charge in [0.15, 0.2) is 5.11 Å². The number of para-hydroxylation sites is 1. The molecule has 3 rings (SSSR count). The third kappa shape index (κ3) is 6.27. The Morgan fingerprint density at radius 1 is 1.06 bits per heavy atom. The summed E-state index contributed by atoms with van der Waals surface area (Å²) in [4.78, 5) is 30.0. The van der Waals surface area contributed by atoms with E-state index in [1.807, 2.05) is 44.0 Å². The Hall–Kier alpha value is -2.49. The first-order valence-corrected chi connectivity index (χ1v) is 11.6. The van der Waals surface area contributed by atoms with Gasteiger partial charge >= 0.3 is 0 Å². The van der Waals surface area contributed by atoms with E-state index in [-0.39, 0.29) is 17.1 Å². The van der Waals surface area contributed by atoms with Gasteiger partial charge in [-0.05, 0) is 63.4 Å². The molecule has 1 fully saturated rings. The molecule has 32 heavy (non-hydrogen) atoms. The molecule has 0 spiro atoms. The van der Waals surface area contributed by atoms with E-state index in [0.29, 0.717) is 35.7 Å². The Bertz CT molecular complexity index is 1010. The van der Waals surface area contributed by atoms with Gasteiger partial charge in [0.1, 0.15) is 5.75 Å². The average molecular weight is 519 g/mol. The fourth-order valence-corrected chi connectivity index (χ4v) is 3.88. The highest BCUT2D eigenvalue weighted by atomic mass is 79.9. The van der Waals surface area contributed by atoms with Crippen molar-refractivity contribution in [3.05, 3.63) is 58.1 Å². The fourth-order valence-electron chi connectivity index (χ4n) is 3.32. The molecular weight excluding hydrogens is 492 g/mol. The van der Waals surface area contributed by atoms with Gasteiger partial charge in [-0.2, -0.15) is 0 Å². The predicted octanol–water partition coefficient (Wildman–Crippen LogP) is 3.75. The second kappa shape index (κ2) is 10.9. The standard InChI is InChI=1S/C23H27BrN4O3S/c1-15(2)31-20-9-8-16(24)14-18(20)21(29)26-23(32)25-19-7-5-4-6-17(19)22(30)28-12-10-27(3)11-13-28/h4-9,14-15H,10-13H2,1-3H3,(H2,25,26,29,32). The molecule has 1 heterocycles. The van der Waals surface area contributed by atoms with Gasteiger partial charge in [0, 0.05) is 30.7 Å². The smallest absolute Gasteiger partial charge is 0.261 e. The lowest BCUT2D eigenvalue weighted by Crippen LogP contribution is -2.47. The number of carbonyl (C=O) groups excluding carboxylic acids is 2. The number of nitrogens with zero attached hydrogens (tertiary/aromatic N) is 2. The summed E-state index contributed by atoms with van der Waals surface area (Å²) in [6.07, 6.45) is -0.0831. The first-order chi connectivity index (χ1) is 15.2. The summed E-state index contributed by atoms with van der Waals surface area (Å²) >= 11 is 8.76. The molecule has 170 valence electrons. The van der Waals surface area contributed by atoms with Crippen LogP contribution in [0.5, 0.6) is 5.75 Å². The Morgan fingerprint density at radius 3 is 2.44 bits per heavy atom. The Balaban J connectivity index is 1.72. The normalized spacial score (nSPS) is 14.2. The average Bonchev–Trinajstić information content (AvgIpc) is 2.75. The SMILES string of the molecule is CC(C)Oc1ccc(Br)cc1C(=O)NC(=S)Nc1ccccc1C(=O)N1CCN(C)CC1. The largest absolute Gasteiger partial charge is 0.490 e. The van der Waals surface area contributed by atoms with Crippen molar-refractivity contribution in [2.24, 2.45) is 0 Å². The first-order valence-electron chi connectivity index (χ1n) is 10.4. The van der Waals surface area contributed by atoms with E-state index in [4.69, 9.17) is 17.0 Å². The Morgan fingerprint density at radius 2 is 1.75 bits per heavy atom. The second-order valence-electron chi connectivity index (χ2n) is 7.86. The minimum atomic E-state index is -0.401. The van der Waals surface area contributed by atoms with Gasteiger partial charge in [0.05, 0.1) is 22.9 Å². The number of piperazine rings is 1. The molecule has 0 unspecified atom stereocenters. The van der Waals surface area contributed by atoms with Crippen molar-refractivity contribution in [1.29, 1.82) is 0 Å². The number of likely N-dealkylation sites (N-methyl/N-ethyl adjacent to an activating group) is 1. The number of nitrogens with one attached hydrogen (secondary N) is 2. The summed E-state index contributed by atoms with van der Waals surface area (Å²) in [6, 6.07) is 12.4. The lowest BCUT2D eigenvalue weighted by Gasteiger charge is -2.32. The summed E-state index contributed by atoms with van der Waals surface area (Å²) in [5, 5.41) is 5.79. The van der Waals surface area contributed by atoms with Gasteiger partial charge in [-0.1, -0.05) is 28.1 Å². The molecular formula is C23H27BrN4O3S. The highest BCUT2D eigenvalue weighted by molar-refractivity contribution is 9.10. The van der Waals surface area contributed by atoms with E-state index in [9.17, 15) is 9.59 Å². The molecule has 0 atom stereocenters. The second-order valence-corrected chi connectivity index (χ2v) is 9.18. The third-order valence-corrected chi connectivity index (χ3v) is 5.67. The van der Waals surface area contributed by atoms with Gasteiger partial charge in [-0.25, -0.2) is 0 Å². The molecule has 2 aromatic rings. The number of ether oxygens (including phenoxy) is 1. The van der Waals surface area contributed by atoms with Crippen molar-refractivity contribution < 1.29 is 14.3 Å². The van der Waals surface area contributed by atoms with Crippen LogP contribution in [0.3, 0.4) is 0 Å². The monoisotopic (exact) mass is 518 g/mol. The molecule has 0 aromatic heterocycles. The predicted molar refractivity (Wildman–Crippen MR) is 133 cm³/mol. The van der Waals surface area contributed by atoms with Crippen LogP contribution in [0.1, 0.15) is 34.6 Å². The Labute approximate surface area is 202 Å². The number of rotatable bonds is 5. The lowest BCUT2D eigenvalue weighted by atomic mass is 10.1. The molecule has 2 aromatic carbocycles. The zero-order valence-electron chi connectivity index (χ0n) is 18.4. The molecule has 7 nitrogen and oxygen atoms in total. The minimum absolute atomic E-state index is 0.0602. The number of benzene rings is 2. The molecule has 1 aliphatic heterocycles. The number of thiocarbonyl (C=S) groups is 1. The lowest BCUT2D eigenvalue weighted by molar-refractivity contribution is 0.0665. The van der Waals surface area contributed by atoms with Crippen molar-refractivity contribution >= 4 is 50.8 Å². The van der Waals surface area contributed by atoms with E-state index in [0.717, 1.165) is 17.6 Å². The van der Waals surface area contributed by atoms with E-state index >= 15 is 0 Å². The zero-order chi connectivity index (χ0) is 23.3. The summed E-state index contributed by atoms with van der Waals surface area (Å²) in [7, 11) is 2.04. The number of halogens is 1. The molecule has 0 aliphatic carbocycles. The first kappa shape index (κ1) is 24.2. The number of amides is 2. The van der Waals surface area contributed by atoms with Crippen LogP contribution in [0, 0.1) is 0 Å². The number of anilines is 1. The summed E-state index contributed by atoms with van der Waals surface area (Å²) in [5.41, 5.74) is 1.42. The van der Waals surface area contributed by atoms with Crippen LogP contribution in [0.15, 0.2) is 46.9 Å². The van der Waals surface area contributed by atoms with E-state index in [1.165, 1.54) is 0 Å². The quantitative estimate of drug-likeness (QED) is 0.587. The van der Waals surface area contributed by atoms with Crippen LogP contribution in [0.25, 0.3) is 0 Å². The molecule has 0 bridgehead atoms. The van der Waals surface area contributed by atoms with Gasteiger partial charge in [-0.15, -0.1) is 0 Å². The van der Waals surface area contributed by atoms with E-state index in [2.05, 4.69) is 31.5 Å². The van der Waals surface area contributed by atoms with Gasteiger partial charge in [0.25, 0.3) is 11.8 Å². The molecule has 1 saturated heterocycles. The van der Waals surface area contributed by atoms with E-state index in [1.54, 1.807) is 24.3 Å². The van der Waals surface area contributed by atoms with Crippen molar-refractivity contribution in [2.75, 3.05) is 38.5 Å². The maximum absolute atomic E-state index is 13.1. The van der Waals surface area contributed by atoms with Gasteiger partial charge in [-0.3, -0.25) is 14.9 Å². The van der Waals surface area contributed by atoms with Crippen molar-refractivity contribution in [1.82, 2.24) is 15.1 Å². The van der Waals surface area contributed by atoms with Crippen LogP contribution in [0.4, 0.5) is 5.69 Å². The summed E-state index contributed by atoms with van der Waals surface area (Å²) in [6.45, 7) is 6.81. The number of hydrogen-bond acceptors (Lipinski definition) is 5. The molecule has 1 aliphatic rings. The Kier molecular flexibility index (Phi) is 8.22. The van der Waals surface area contributed by atoms with E-state index < -0.39 is 5.91 Å². The third-order valence-electron chi connectivity index (χ3n) is 4.97. The van der Waals surface area contributed by atoms with Gasteiger partial charge in [0.2, 0.25) is 0 Å². The van der Waals surface area contributed by atoms with Gasteiger partial charge < -0.3 is 19.9 Å². The summed E-state index contributed by atoms with van der Waals surface area (Å²) < 4.78 is 6.50. The molecule has 0 saturated carbocycles. The highest BCUT2D eigenvalue weighted by Gasteiger charge is 2.23. The fraction of sp³-hybridized carbons (Fsp3) is 0.348. The number of carbonyl (C=O) groups is 2.